The van der Waals surface area contributed by atoms with Crippen molar-refractivity contribution < 1.29 is 48.8 Å². The summed E-state index contributed by atoms with van der Waals surface area (Å²) in [7, 11) is 0. The molecule has 0 heterocycles. The van der Waals surface area contributed by atoms with Crippen molar-refractivity contribution in [2.75, 3.05) is 0 Å². The Kier molecular flexibility index (Phi) is 6.49. The second-order valence-electron chi connectivity index (χ2n) is 6.45. The molecule has 0 aliphatic heterocycles. The minimum Gasteiger partial charge on any atom is -0.478 e. The lowest BCUT2D eigenvalue weighted by molar-refractivity contribution is 0.0648. The summed E-state index contributed by atoms with van der Waals surface area (Å²) in [6.45, 7) is 0. The second kappa shape index (κ2) is 9.43. The van der Waals surface area contributed by atoms with Gasteiger partial charge in [0.1, 0.15) is 0 Å². The molecule has 3 aromatic carbocycles. The maximum absolute atomic E-state index is 12.6. The normalized spacial score (nSPS) is 10.2. The predicted molar refractivity (Wildman–Crippen MR) is 110 cm³/mol. The summed E-state index contributed by atoms with van der Waals surface area (Å²) in [4.78, 5) is 59.3. The standard InChI is InChI=1S/C23H14O10/c24-19(25)12-9-10-17(32-22(30)15-7-3-1-5-13(15)20(26)27)18(11-12)33-23(31)16-8-4-2-6-14(16)21(28)29/h1-11H,(H,24,25)(H,26,27)(H,28,29). The third kappa shape index (κ3) is 5.02. The van der Waals surface area contributed by atoms with Crippen molar-refractivity contribution in [3.05, 3.63) is 94.5 Å². The Labute approximate surface area is 185 Å². The molecule has 0 saturated carbocycles. The number of rotatable bonds is 7. The zero-order valence-electron chi connectivity index (χ0n) is 16.6. The van der Waals surface area contributed by atoms with E-state index in [-0.39, 0.29) is 33.6 Å². The summed E-state index contributed by atoms with van der Waals surface area (Å²) in [5, 5.41) is 27.8. The van der Waals surface area contributed by atoms with Gasteiger partial charge < -0.3 is 24.8 Å². The van der Waals surface area contributed by atoms with Gasteiger partial charge >= 0.3 is 29.8 Å². The molecule has 0 radical (unpaired) electrons. The molecule has 10 heteroatoms. The summed E-state index contributed by atoms with van der Waals surface area (Å²) in [5.74, 6) is -7.24. The first-order valence-corrected chi connectivity index (χ1v) is 9.15. The van der Waals surface area contributed by atoms with Gasteiger partial charge in [0, 0.05) is 0 Å². The molecule has 3 N–H and O–H groups in total. The summed E-state index contributed by atoms with van der Waals surface area (Å²) in [6, 6.07) is 13.5. The highest BCUT2D eigenvalue weighted by molar-refractivity contribution is 6.04. The monoisotopic (exact) mass is 450 g/mol. The number of carbonyl (C=O) groups excluding carboxylic acids is 2. The maximum Gasteiger partial charge on any atom is 0.344 e. The highest BCUT2D eigenvalue weighted by Gasteiger charge is 2.23. The SMILES string of the molecule is O=C(O)c1ccc(OC(=O)c2ccccc2C(=O)O)c(OC(=O)c2ccccc2C(=O)O)c1. The number of benzene rings is 3. The first kappa shape index (κ1) is 22.7. The number of hydrogen-bond donors (Lipinski definition) is 3. The van der Waals surface area contributed by atoms with Crippen LogP contribution in [0.4, 0.5) is 0 Å². The van der Waals surface area contributed by atoms with Crippen molar-refractivity contribution in [3.63, 3.8) is 0 Å². The molecule has 0 bridgehead atoms. The van der Waals surface area contributed by atoms with Crippen LogP contribution in [0.1, 0.15) is 51.8 Å². The zero-order chi connectivity index (χ0) is 24.1. The highest BCUT2D eigenvalue weighted by atomic mass is 16.6. The van der Waals surface area contributed by atoms with Gasteiger partial charge in [-0.05, 0) is 42.5 Å². The van der Waals surface area contributed by atoms with E-state index in [9.17, 15) is 39.3 Å². The lowest BCUT2D eigenvalue weighted by atomic mass is 10.1. The fraction of sp³-hybridized carbons (Fsp3) is 0. The lowest BCUT2D eigenvalue weighted by Gasteiger charge is -2.13. The number of carbonyl (C=O) groups is 5. The molecule has 0 spiro atoms. The molecule has 0 unspecified atom stereocenters. The number of carboxylic acids is 3. The quantitative estimate of drug-likeness (QED) is 0.359. The van der Waals surface area contributed by atoms with Crippen LogP contribution < -0.4 is 9.47 Å². The maximum atomic E-state index is 12.6. The van der Waals surface area contributed by atoms with Crippen molar-refractivity contribution in [1.29, 1.82) is 0 Å². The van der Waals surface area contributed by atoms with E-state index in [0.29, 0.717) is 0 Å². The molecule has 3 aromatic rings. The van der Waals surface area contributed by atoms with E-state index in [2.05, 4.69) is 0 Å². The molecule has 0 aromatic heterocycles. The second-order valence-corrected chi connectivity index (χ2v) is 6.45. The van der Waals surface area contributed by atoms with Crippen LogP contribution in [0, 0.1) is 0 Å². The van der Waals surface area contributed by atoms with Gasteiger partial charge in [0.2, 0.25) is 0 Å². The fourth-order valence-electron chi connectivity index (χ4n) is 2.81. The van der Waals surface area contributed by atoms with Crippen LogP contribution >= 0.6 is 0 Å². The lowest BCUT2D eigenvalue weighted by Crippen LogP contribution is -2.17. The van der Waals surface area contributed by atoms with Gasteiger partial charge in [0.25, 0.3) is 0 Å². The van der Waals surface area contributed by atoms with Crippen molar-refractivity contribution in [3.8, 4) is 11.5 Å². The molecular formula is C23H14O10. The fourth-order valence-corrected chi connectivity index (χ4v) is 2.81. The molecule has 3 rings (SSSR count). The summed E-state index contributed by atoms with van der Waals surface area (Å²) in [6.07, 6.45) is 0. The van der Waals surface area contributed by atoms with E-state index < -0.39 is 35.6 Å². The molecule has 0 atom stereocenters. The Balaban J connectivity index is 1.99. The summed E-state index contributed by atoms with van der Waals surface area (Å²) in [5.41, 5.74) is -1.61. The molecule has 0 amide bonds. The largest absolute Gasteiger partial charge is 0.478 e. The smallest absolute Gasteiger partial charge is 0.344 e. The Bertz CT molecular complexity index is 1290. The Morgan fingerprint density at radius 3 is 1.36 bits per heavy atom. The first-order valence-electron chi connectivity index (χ1n) is 9.15. The first-order chi connectivity index (χ1) is 15.7. The van der Waals surface area contributed by atoms with Crippen LogP contribution in [0.25, 0.3) is 0 Å². The van der Waals surface area contributed by atoms with Gasteiger partial charge in [-0.1, -0.05) is 24.3 Å². The van der Waals surface area contributed by atoms with Crippen LogP contribution in [0.3, 0.4) is 0 Å². The van der Waals surface area contributed by atoms with E-state index in [1.807, 2.05) is 0 Å². The third-order valence-electron chi connectivity index (χ3n) is 4.35. The van der Waals surface area contributed by atoms with Crippen LogP contribution in [0.2, 0.25) is 0 Å². The molecule has 33 heavy (non-hydrogen) atoms. The van der Waals surface area contributed by atoms with Crippen molar-refractivity contribution in [2.45, 2.75) is 0 Å². The predicted octanol–water partition coefficient (Wildman–Crippen LogP) is 3.22. The van der Waals surface area contributed by atoms with Crippen LogP contribution in [0.15, 0.2) is 66.7 Å². The third-order valence-corrected chi connectivity index (χ3v) is 4.35. The minimum atomic E-state index is -1.39. The van der Waals surface area contributed by atoms with E-state index >= 15 is 0 Å². The average Bonchev–Trinajstić information content (AvgIpc) is 2.79. The number of hydrogen-bond acceptors (Lipinski definition) is 7. The Hall–Kier alpha value is -4.99. The van der Waals surface area contributed by atoms with Crippen LogP contribution in [-0.4, -0.2) is 45.2 Å². The van der Waals surface area contributed by atoms with Gasteiger partial charge in [-0.2, -0.15) is 0 Å². The van der Waals surface area contributed by atoms with E-state index in [4.69, 9.17) is 9.47 Å². The molecular weight excluding hydrogens is 436 g/mol. The van der Waals surface area contributed by atoms with E-state index in [1.54, 1.807) is 0 Å². The van der Waals surface area contributed by atoms with Gasteiger partial charge in [-0.15, -0.1) is 0 Å². The molecule has 0 aliphatic carbocycles. The summed E-state index contributed by atoms with van der Waals surface area (Å²) >= 11 is 0. The molecule has 0 aliphatic rings. The van der Waals surface area contributed by atoms with Gasteiger partial charge in [-0.25, -0.2) is 24.0 Å². The Morgan fingerprint density at radius 1 is 0.515 bits per heavy atom. The van der Waals surface area contributed by atoms with Gasteiger partial charge in [0.15, 0.2) is 11.5 Å². The van der Waals surface area contributed by atoms with Crippen molar-refractivity contribution >= 4 is 29.8 Å². The highest BCUT2D eigenvalue weighted by Crippen LogP contribution is 2.31. The molecule has 0 saturated heterocycles. The number of ether oxygens (including phenoxy) is 2. The van der Waals surface area contributed by atoms with Gasteiger partial charge in [-0.3, -0.25) is 0 Å². The number of carboxylic acid groups (broad SMARTS) is 3. The van der Waals surface area contributed by atoms with Gasteiger partial charge in [0.05, 0.1) is 27.8 Å². The van der Waals surface area contributed by atoms with Crippen LogP contribution in [0.5, 0.6) is 11.5 Å². The molecule has 10 nitrogen and oxygen atoms in total. The minimum absolute atomic E-state index is 0.291. The zero-order valence-corrected chi connectivity index (χ0v) is 16.6. The average molecular weight is 450 g/mol. The Morgan fingerprint density at radius 2 is 0.939 bits per heavy atom. The summed E-state index contributed by atoms with van der Waals surface area (Å²) < 4.78 is 10.4. The van der Waals surface area contributed by atoms with E-state index in [0.717, 1.165) is 18.2 Å². The molecule has 0 fully saturated rings. The van der Waals surface area contributed by atoms with Crippen molar-refractivity contribution in [2.24, 2.45) is 0 Å². The van der Waals surface area contributed by atoms with Crippen molar-refractivity contribution in [1.82, 2.24) is 0 Å². The topological polar surface area (TPSA) is 164 Å². The van der Waals surface area contributed by atoms with Crippen LogP contribution in [-0.2, 0) is 0 Å². The number of esters is 2. The molecule has 166 valence electrons. The number of aromatic carboxylic acids is 3. The van der Waals surface area contributed by atoms with E-state index in [1.165, 1.54) is 48.5 Å².